The molecule has 4 nitrogen and oxygen atoms in total. The van der Waals surface area contributed by atoms with Crippen molar-refractivity contribution in [1.29, 1.82) is 5.26 Å². The predicted octanol–water partition coefficient (Wildman–Crippen LogP) is 6.44. The first-order valence-corrected chi connectivity index (χ1v) is 12.3. The largest absolute Gasteiger partial charge is 0.362 e. The molecule has 37 heavy (non-hydrogen) atoms. The monoisotopic (exact) mass is 510 g/mol. The van der Waals surface area contributed by atoms with E-state index in [0.29, 0.717) is 11.8 Å². The molecule has 1 aromatic heterocycles. The first kappa shape index (κ1) is 23.7. The molecule has 3 N–H and O–H groups in total. The van der Waals surface area contributed by atoms with Crippen LogP contribution in [0.4, 0.5) is 22.0 Å². The van der Waals surface area contributed by atoms with Crippen LogP contribution in [0.25, 0.3) is 22.2 Å². The number of hydrogen-bond acceptors (Lipinski definition) is 3. The zero-order valence-corrected chi connectivity index (χ0v) is 19.6. The molecule has 3 fully saturated rings. The van der Waals surface area contributed by atoms with Crippen LogP contribution in [0.15, 0.2) is 47.9 Å². The van der Waals surface area contributed by atoms with E-state index in [0.717, 1.165) is 56.4 Å². The Morgan fingerprint density at radius 1 is 0.919 bits per heavy atom. The lowest BCUT2D eigenvalue weighted by molar-refractivity contribution is 0.114. The van der Waals surface area contributed by atoms with E-state index in [1.807, 2.05) is 6.07 Å². The number of dihydropyridines is 1. The number of hydrogen-bond donors (Lipinski definition) is 3. The standard InChI is InChI=1S/C28H23F5N4/c29-16-9-17-19(12-35-27(17)22(32)10-16)26-18(11-34)24(15-5-6-20(30)21(31)8-15)25(33)28(37-26)36-23-7-13-1-3-14(23)4-2-13/h5-6,8-10,12-14,23,28,35-37H,1-4,7H2. The van der Waals surface area contributed by atoms with Crippen molar-refractivity contribution in [2.45, 2.75) is 44.3 Å². The molecule has 2 heterocycles. The van der Waals surface area contributed by atoms with Gasteiger partial charge in [0.2, 0.25) is 0 Å². The molecule has 2 bridgehead atoms. The van der Waals surface area contributed by atoms with Crippen LogP contribution in [0, 0.1) is 46.4 Å². The van der Waals surface area contributed by atoms with Crippen LogP contribution in [-0.4, -0.2) is 17.2 Å². The first-order valence-electron chi connectivity index (χ1n) is 12.3. The van der Waals surface area contributed by atoms with Gasteiger partial charge < -0.3 is 10.3 Å². The number of halogens is 5. The van der Waals surface area contributed by atoms with Gasteiger partial charge in [0.1, 0.15) is 29.7 Å². The quantitative estimate of drug-likeness (QED) is 0.354. The molecule has 0 spiro atoms. The van der Waals surface area contributed by atoms with Gasteiger partial charge in [0.05, 0.1) is 16.8 Å². The molecule has 190 valence electrons. The summed E-state index contributed by atoms with van der Waals surface area (Å²) in [5.41, 5.74) is 0.0348. The summed E-state index contributed by atoms with van der Waals surface area (Å²) in [7, 11) is 0. The van der Waals surface area contributed by atoms with Crippen LogP contribution in [-0.2, 0) is 0 Å². The van der Waals surface area contributed by atoms with E-state index < -0.39 is 35.3 Å². The highest BCUT2D eigenvalue weighted by Gasteiger charge is 2.39. The molecule has 4 aliphatic rings. The molecule has 2 atom stereocenters. The van der Waals surface area contributed by atoms with Gasteiger partial charge in [-0.05, 0) is 54.9 Å². The molecule has 0 amide bonds. The highest BCUT2D eigenvalue weighted by Crippen LogP contribution is 2.43. The lowest BCUT2D eigenvalue weighted by atomic mass is 9.68. The summed E-state index contributed by atoms with van der Waals surface area (Å²) in [6, 6.07) is 6.81. The minimum atomic E-state index is -1.18. The molecule has 3 saturated carbocycles. The van der Waals surface area contributed by atoms with Gasteiger partial charge in [-0.3, -0.25) is 5.32 Å². The number of allylic oxidation sites excluding steroid dienone is 2. The summed E-state index contributed by atoms with van der Waals surface area (Å²) in [5.74, 6) is -3.69. The Morgan fingerprint density at radius 3 is 2.38 bits per heavy atom. The lowest BCUT2D eigenvalue weighted by Gasteiger charge is -2.44. The van der Waals surface area contributed by atoms with Gasteiger partial charge >= 0.3 is 0 Å². The van der Waals surface area contributed by atoms with Crippen molar-refractivity contribution in [1.82, 2.24) is 15.6 Å². The molecule has 2 unspecified atom stereocenters. The van der Waals surface area contributed by atoms with Gasteiger partial charge in [-0.1, -0.05) is 18.9 Å². The third kappa shape index (κ3) is 4.00. The van der Waals surface area contributed by atoms with Gasteiger partial charge in [-0.15, -0.1) is 0 Å². The van der Waals surface area contributed by atoms with Crippen molar-refractivity contribution in [3.8, 4) is 6.07 Å². The van der Waals surface area contributed by atoms with E-state index in [4.69, 9.17) is 0 Å². The van der Waals surface area contributed by atoms with Gasteiger partial charge in [-0.2, -0.15) is 5.26 Å². The number of nitrogens with one attached hydrogen (secondary N) is 3. The molecule has 3 aliphatic carbocycles. The first-order chi connectivity index (χ1) is 17.8. The van der Waals surface area contributed by atoms with Gasteiger partial charge in [-0.25, -0.2) is 22.0 Å². The minimum Gasteiger partial charge on any atom is -0.362 e. The third-order valence-corrected chi connectivity index (χ3v) is 8.00. The molecule has 0 radical (unpaired) electrons. The maximum Gasteiger partial charge on any atom is 0.159 e. The molecule has 1 aliphatic heterocycles. The summed E-state index contributed by atoms with van der Waals surface area (Å²) in [5, 5.41) is 16.7. The predicted molar refractivity (Wildman–Crippen MR) is 129 cm³/mol. The lowest BCUT2D eigenvalue weighted by Crippen LogP contribution is -2.54. The third-order valence-electron chi connectivity index (χ3n) is 8.00. The van der Waals surface area contributed by atoms with Crippen LogP contribution in [0.5, 0.6) is 0 Å². The van der Waals surface area contributed by atoms with Crippen molar-refractivity contribution >= 4 is 22.2 Å². The smallest absolute Gasteiger partial charge is 0.159 e. The number of aromatic amines is 1. The van der Waals surface area contributed by atoms with Crippen molar-refractivity contribution in [3.05, 3.63) is 82.3 Å². The van der Waals surface area contributed by atoms with Crippen LogP contribution in [0.1, 0.15) is 43.2 Å². The Balaban J connectivity index is 1.51. The summed E-state index contributed by atoms with van der Waals surface area (Å²) >= 11 is 0. The van der Waals surface area contributed by atoms with Crippen LogP contribution in [0.2, 0.25) is 0 Å². The summed E-state index contributed by atoms with van der Waals surface area (Å²) < 4.78 is 72.6. The number of nitriles is 1. The fourth-order valence-corrected chi connectivity index (χ4v) is 6.20. The van der Waals surface area contributed by atoms with Gasteiger partial charge in [0.25, 0.3) is 0 Å². The highest BCUT2D eigenvalue weighted by atomic mass is 19.2. The number of rotatable bonds is 4. The second-order valence-corrected chi connectivity index (χ2v) is 10.1. The molecule has 2 aromatic carbocycles. The SMILES string of the molecule is N#CC1=C(c2c[nH]c3c(F)cc(F)cc23)NC(NC2CC3CCC2CC3)C(F)=C1c1ccc(F)c(F)c1. The van der Waals surface area contributed by atoms with E-state index >= 15 is 4.39 Å². The fraction of sp³-hybridized carbons (Fsp3) is 0.321. The Kier molecular flexibility index (Phi) is 5.80. The molecule has 3 aromatic rings. The molecular weight excluding hydrogens is 487 g/mol. The second-order valence-electron chi connectivity index (χ2n) is 10.1. The zero-order valence-electron chi connectivity index (χ0n) is 19.6. The number of fused-ring (bicyclic) bond motifs is 4. The summed E-state index contributed by atoms with van der Waals surface area (Å²) in [6.45, 7) is 0. The van der Waals surface area contributed by atoms with E-state index in [9.17, 15) is 22.8 Å². The minimum absolute atomic E-state index is 0.0129. The van der Waals surface area contributed by atoms with Crippen LogP contribution >= 0.6 is 0 Å². The number of aromatic nitrogens is 1. The van der Waals surface area contributed by atoms with Crippen molar-refractivity contribution < 1.29 is 22.0 Å². The highest BCUT2D eigenvalue weighted by molar-refractivity contribution is 6.01. The fourth-order valence-electron chi connectivity index (χ4n) is 6.20. The Hall–Kier alpha value is -3.64. The topological polar surface area (TPSA) is 63.6 Å². The van der Waals surface area contributed by atoms with Crippen molar-refractivity contribution in [3.63, 3.8) is 0 Å². The summed E-state index contributed by atoms with van der Waals surface area (Å²) in [4.78, 5) is 2.76. The Morgan fingerprint density at radius 2 is 1.70 bits per heavy atom. The van der Waals surface area contributed by atoms with E-state index in [1.54, 1.807) is 0 Å². The second kappa shape index (κ2) is 9.03. The summed E-state index contributed by atoms with van der Waals surface area (Å²) in [6.07, 6.45) is 5.61. The molecular formula is C28H23F5N4. The van der Waals surface area contributed by atoms with E-state index in [2.05, 4.69) is 15.6 Å². The van der Waals surface area contributed by atoms with Gasteiger partial charge in [0.15, 0.2) is 11.6 Å². The Labute approximate surface area is 209 Å². The number of nitrogens with zero attached hydrogens (tertiary/aromatic N) is 1. The average molecular weight is 511 g/mol. The molecule has 0 saturated heterocycles. The maximum absolute atomic E-state index is 16.1. The maximum atomic E-state index is 16.1. The number of benzene rings is 2. The Bertz CT molecular complexity index is 1510. The normalized spacial score (nSPS) is 25.5. The number of H-pyrrole nitrogens is 1. The zero-order chi connectivity index (χ0) is 25.8. The van der Waals surface area contributed by atoms with Crippen LogP contribution < -0.4 is 10.6 Å². The average Bonchev–Trinajstić information content (AvgIpc) is 3.31. The molecule has 9 heteroatoms. The molecule has 7 rings (SSSR count). The van der Waals surface area contributed by atoms with Crippen LogP contribution in [0.3, 0.4) is 0 Å². The van der Waals surface area contributed by atoms with Gasteiger partial charge in [0, 0.05) is 34.8 Å². The van der Waals surface area contributed by atoms with Crippen molar-refractivity contribution in [2.75, 3.05) is 0 Å². The van der Waals surface area contributed by atoms with E-state index in [-0.39, 0.29) is 44.9 Å². The van der Waals surface area contributed by atoms with E-state index in [1.165, 1.54) is 12.3 Å². The van der Waals surface area contributed by atoms with Crippen molar-refractivity contribution in [2.24, 2.45) is 11.8 Å².